The van der Waals surface area contributed by atoms with Crippen molar-refractivity contribution >= 4 is 17.7 Å². The molecule has 0 spiro atoms. The highest BCUT2D eigenvalue weighted by Gasteiger charge is 2.36. The van der Waals surface area contributed by atoms with E-state index in [0.717, 1.165) is 0 Å². The lowest BCUT2D eigenvalue weighted by atomic mass is 9.86. The zero-order valence-corrected chi connectivity index (χ0v) is 12.8. The number of hydrogen-bond donors (Lipinski definition) is 1. The fraction of sp³-hybridized carbons (Fsp3) is 0.438. The van der Waals surface area contributed by atoms with Gasteiger partial charge in [0, 0.05) is 11.0 Å². The summed E-state index contributed by atoms with van der Waals surface area (Å²) in [7, 11) is 0. The topological polar surface area (TPSA) is 72.5 Å². The van der Waals surface area contributed by atoms with Gasteiger partial charge in [-0.3, -0.25) is 9.59 Å². The molecule has 1 aromatic rings. The number of carbonyl (C=O) groups is 3. The van der Waals surface area contributed by atoms with E-state index in [4.69, 9.17) is 4.74 Å². The molecule has 0 fully saturated rings. The van der Waals surface area contributed by atoms with Crippen molar-refractivity contribution in [3.63, 3.8) is 0 Å². The highest BCUT2D eigenvalue weighted by Crippen LogP contribution is 2.18. The monoisotopic (exact) mass is 291 g/mol. The van der Waals surface area contributed by atoms with E-state index in [9.17, 15) is 14.4 Å². The average Bonchev–Trinajstić information content (AvgIpc) is 2.44. The number of carbonyl (C=O) groups excluding carboxylic acids is 3. The first-order chi connectivity index (χ1) is 9.77. The van der Waals surface area contributed by atoms with Crippen LogP contribution in [0.2, 0.25) is 0 Å². The lowest BCUT2D eigenvalue weighted by Gasteiger charge is -2.24. The smallest absolute Gasteiger partial charge is 0.336 e. The fourth-order valence-electron chi connectivity index (χ4n) is 1.69. The van der Waals surface area contributed by atoms with Gasteiger partial charge in [0.2, 0.25) is 0 Å². The van der Waals surface area contributed by atoms with Crippen LogP contribution in [-0.4, -0.2) is 30.3 Å². The maximum Gasteiger partial charge on any atom is 0.336 e. The molecule has 21 heavy (non-hydrogen) atoms. The molecule has 5 heteroatoms. The van der Waals surface area contributed by atoms with Gasteiger partial charge in [0.25, 0.3) is 5.91 Å². The number of amides is 1. The first-order valence-corrected chi connectivity index (χ1v) is 6.84. The van der Waals surface area contributed by atoms with Gasteiger partial charge in [0.1, 0.15) is 0 Å². The second-order valence-electron chi connectivity index (χ2n) is 5.64. The molecule has 0 radical (unpaired) electrons. The lowest BCUT2D eigenvalue weighted by molar-refractivity contribution is -0.150. The van der Waals surface area contributed by atoms with Crippen LogP contribution in [0.1, 0.15) is 38.1 Å². The average molecular weight is 291 g/mol. The molecule has 0 aliphatic heterocycles. The molecule has 0 aliphatic rings. The molecule has 5 nitrogen and oxygen atoms in total. The van der Waals surface area contributed by atoms with Crippen molar-refractivity contribution < 1.29 is 19.1 Å². The van der Waals surface area contributed by atoms with E-state index in [0.29, 0.717) is 5.56 Å². The van der Waals surface area contributed by atoms with E-state index < -0.39 is 23.3 Å². The summed E-state index contributed by atoms with van der Waals surface area (Å²) < 4.78 is 4.88. The summed E-state index contributed by atoms with van der Waals surface area (Å²) in [6, 6.07) is 7.12. The molecular formula is C16H21NO4. The number of benzene rings is 1. The Hall–Kier alpha value is -2.17. The molecule has 0 aliphatic carbocycles. The Balaban J connectivity index is 2.95. The predicted octanol–water partition coefficient (Wildman–Crippen LogP) is 1.96. The maximum atomic E-state index is 12.3. The normalized spacial score (nSPS) is 12.4. The molecule has 0 bridgehead atoms. The van der Waals surface area contributed by atoms with Crippen LogP contribution in [0.3, 0.4) is 0 Å². The van der Waals surface area contributed by atoms with Crippen molar-refractivity contribution in [1.82, 2.24) is 5.32 Å². The number of ketones is 1. The summed E-state index contributed by atoms with van der Waals surface area (Å²) in [5.74, 6) is -1.60. The summed E-state index contributed by atoms with van der Waals surface area (Å²) in [5, 5.41) is 2.46. The summed E-state index contributed by atoms with van der Waals surface area (Å²) in [5.41, 5.74) is -0.380. The van der Waals surface area contributed by atoms with E-state index in [1.807, 2.05) is 0 Å². The van der Waals surface area contributed by atoms with E-state index in [1.54, 1.807) is 58.0 Å². The van der Waals surface area contributed by atoms with Gasteiger partial charge in [0.05, 0.1) is 6.61 Å². The SMILES string of the molecule is CCOC(=O)C(NC(=O)c1ccccc1)C(=O)C(C)(C)C. The van der Waals surface area contributed by atoms with Crippen LogP contribution in [0.25, 0.3) is 0 Å². The molecule has 0 saturated heterocycles. The number of hydrogen-bond acceptors (Lipinski definition) is 4. The zero-order valence-electron chi connectivity index (χ0n) is 12.8. The third kappa shape index (κ3) is 4.70. The van der Waals surface area contributed by atoms with Crippen LogP contribution < -0.4 is 5.32 Å². The highest BCUT2D eigenvalue weighted by molar-refractivity contribution is 6.09. The molecule has 1 amide bonds. The second-order valence-corrected chi connectivity index (χ2v) is 5.64. The minimum Gasteiger partial charge on any atom is -0.464 e. The summed E-state index contributed by atoms with van der Waals surface area (Å²) in [4.78, 5) is 36.4. The van der Waals surface area contributed by atoms with Crippen LogP contribution in [0.4, 0.5) is 0 Å². The van der Waals surface area contributed by atoms with Crippen molar-refractivity contribution in [2.45, 2.75) is 33.7 Å². The van der Waals surface area contributed by atoms with Crippen LogP contribution in [-0.2, 0) is 14.3 Å². The van der Waals surface area contributed by atoms with Gasteiger partial charge in [-0.25, -0.2) is 4.79 Å². The van der Waals surface area contributed by atoms with Crippen molar-refractivity contribution in [2.75, 3.05) is 6.61 Å². The molecule has 0 aromatic heterocycles. The Morgan fingerprint density at radius 2 is 1.71 bits per heavy atom. The zero-order chi connectivity index (χ0) is 16.0. The van der Waals surface area contributed by atoms with Crippen molar-refractivity contribution in [2.24, 2.45) is 5.41 Å². The first kappa shape index (κ1) is 16.9. The van der Waals surface area contributed by atoms with Crippen LogP contribution in [0.5, 0.6) is 0 Å². The summed E-state index contributed by atoms with van der Waals surface area (Å²) in [6.45, 7) is 6.87. The number of nitrogens with one attached hydrogen (secondary N) is 1. The van der Waals surface area contributed by atoms with Crippen molar-refractivity contribution in [3.8, 4) is 0 Å². The Morgan fingerprint density at radius 3 is 2.19 bits per heavy atom. The van der Waals surface area contributed by atoms with E-state index in [1.165, 1.54) is 0 Å². The van der Waals surface area contributed by atoms with Gasteiger partial charge >= 0.3 is 5.97 Å². The third-order valence-electron chi connectivity index (χ3n) is 2.84. The molecule has 1 atom stereocenters. The standard InChI is InChI=1S/C16H21NO4/c1-5-21-15(20)12(13(18)16(2,3)4)17-14(19)11-9-7-6-8-10-11/h6-10,12H,5H2,1-4H3,(H,17,19). The van der Waals surface area contributed by atoms with Gasteiger partial charge in [-0.15, -0.1) is 0 Å². The Kier molecular flexibility index (Phi) is 5.64. The maximum absolute atomic E-state index is 12.3. The molecule has 1 aromatic carbocycles. The number of Topliss-reactive ketones (excluding diaryl/α,β-unsaturated/α-hetero) is 1. The van der Waals surface area contributed by atoms with Gasteiger partial charge < -0.3 is 10.1 Å². The number of rotatable bonds is 5. The Labute approximate surface area is 124 Å². The quantitative estimate of drug-likeness (QED) is 0.665. The predicted molar refractivity (Wildman–Crippen MR) is 78.8 cm³/mol. The van der Waals surface area contributed by atoms with Gasteiger partial charge in [-0.1, -0.05) is 39.0 Å². The molecule has 1 rings (SSSR count). The van der Waals surface area contributed by atoms with Gasteiger partial charge in [-0.05, 0) is 19.1 Å². The Morgan fingerprint density at radius 1 is 1.14 bits per heavy atom. The van der Waals surface area contributed by atoms with Crippen LogP contribution >= 0.6 is 0 Å². The number of esters is 1. The van der Waals surface area contributed by atoms with Gasteiger partial charge in [0.15, 0.2) is 11.8 Å². The van der Waals surface area contributed by atoms with Crippen molar-refractivity contribution in [1.29, 1.82) is 0 Å². The minimum atomic E-state index is -1.29. The first-order valence-electron chi connectivity index (χ1n) is 6.84. The van der Waals surface area contributed by atoms with Crippen LogP contribution in [0.15, 0.2) is 30.3 Å². The molecule has 114 valence electrons. The van der Waals surface area contributed by atoms with Crippen LogP contribution in [0, 0.1) is 5.41 Å². The summed E-state index contributed by atoms with van der Waals surface area (Å²) >= 11 is 0. The molecular weight excluding hydrogens is 270 g/mol. The highest BCUT2D eigenvalue weighted by atomic mass is 16.5. The molecule has 1 N–H and O–H groups in total. The van der Waals surface area contributed by atoms with Gasteiger partial charge in [-0.2, -0.15) is 0 Å². The second kappa shape index (κ2) is 7.02. The minimum absolute atomic E-state index is 0.147. The largest absolute Gasteiger partial charge is 0.464 e. The fourth-order valence-corrected chi connectivity index (χ4v) is 1.69. The van der Waals surface area contributed by atoms with E-state index in [-0.39, 0.29) is 12.4 Å². The summed E-state index contributed by atoms with van der Waals surface area (Å²) in [6.07, 6.45) is 0. The Bertz CT molecular complexity index is 517. The van der Waals surface area contributed by atoms with E-state index >= 15 is 0 Å². The van der Waals surface area contributed by atoms with E-state index in [2.05, 4.69) is 5.32 Å². The lowest BCUT2D eigenvalue weighted by Crippen LogP contribution is -2.51. The molecule has 0 heterocycles. The third-order valence-corrected chi connectivity index (χ3v) is 2.84. The molecule has 0 saturated carbocycles. The number of ether oxygens (including phenoxy) is 1. The van der Waals surface area contributed by atoms with Crippen molar-refractivity contribution in [3.05, 3.63) is 35.9 Å². The molecule has 1 unspecified atom stereocenters.